The van der Waals surface area contributed by atoms with Gasteiger partial charge in [0.25, 0.3) is 5.56 Å². The highest BCUT2D eigenvalue weighted by molar-refractivity contribution is 5.76. The lowest BCUT2D eigenvalue weighted by Gasteiger charge is -2.14. The van der Waals surface area contributed by atoms with E-state index in [1.807, 2.05) is 49.3 Å². The maximum atomic E-state index is 12.2. The van der Waals surface area contributed by atoms with Crippen molar-refractivity contribution in [2.45, 2.75) is 33.2 Å². The zero-order valence-electron chi connectivity index (χ0n) is 15.6. The number of nitrogens with zero attached hydrogens (tertiary/aromatic N) is 2. The highest BCUT2D eigenvalue weighted by atomic mass is 16.1. The van der Waals surface area contributed by atoms with E-state index in [1.165, 1.54) is 0 Å². The molecule has 0 fully saturated rings. The molecule has 0 saturated heterocycles. The van der Waals surface area contributed by atoms with Gasteiger partial charge in [0.1, 0.15) is 11.6 Å². The number of aromatic nitrogens is 1. The van der Waals surface area contributed by atoms with Crippen molar-refractivity contribution in [2.75, 3.05) is 19.0 Å². The number of carbonyl (C=O) groups is 1. The van der Waals surface area contributed by atoms with Crippen molar-refractivity contribution in [1.82, 2.24) is 10.3 Å². The van der Waals surface area contributed by atoms with Gasteiger partial charge in [-0.05, 0) is 49.1 Å². The summed E-state index contributed by atoms with van der Waals surface area (Å²) in [7, 11) is 3.95. The molecular weight excluding hydrogens is 328 g/mol. The number of rotatable bonds is 6. The number of nitrogens with one attached hydrogen (secondary N) is 2. The van der Waals surface area contributed by atoms with E-state index < -0.39 is 0 Å². The van der Waals surface area contributed by atoms with E-state index in [-0.39, 0.29) is 17.0 Å². The average Bonchev–Trinajstić information content (AvgIpc) is 2.60. The molecule has 2 rings (SSSR count). The van der Waals surface area contributed by atoms with E-state index in [1.54, 1.807) is 13.8 Å². The molecule has 0 atom stereocenters. The molecule has 6 nitrogen and oxygen atoms in total. The number of nitriles is 1. The Hall–Kier alpha value is -3.07. The zero-order valence-corrected chi connectivity index (χ0v) is 15.6. The summed E-state index contributed by atoms with van der Waals surface area (Å²) in [5.41, 5.74) is 4.07. The van der Waals surface area contributed by atoms with Gasteiger partial charge in [-0.1, -0.05) is 12.1 Å². The van der Waals surface area contributed by atoms with Crippen molar-refractivity contribution in [1.29, 1.82) is 5.26 Å². The van der Waals surface area contributed by atoms with Gasteiger partial charge in [-0.3, -0.25) is 9.59 Å². The summed E-state index contributed by atoms with van der Waals surface area (Å²) in [5.74, 6) is -0.0660. The molecule has 1 heterocycles. The largest absolute Gasteiger partial charge is 0.378 e. The Balaban J connectivity index is 1.99. The topological polar surface area (TPSA) is 89.0 Å². The minimum absolute atomic E-state index is 0.0660. The molecule has 0 unspecified atom stereocenters. The Morgan fingerprint density at radius 3 is 2.69 bits per heavy atom. The Morgan fingerprint density at radius 1 is 1.31 bits per heavy atom. The van der Waals surface area contributed by atoms with Gasteiger partial charge in [0.05, 0.1) is 0 Å². The average molecular weight is 352 g/mol. The fraction of sp³-hybridized carbons (Fsp3) is 0.350. The molecule has 2 N–H and O–H groups in total. The normalized spacial score (nSPS) is 10.3. The third kappa shape index (κ3) is 4.51. The SMILES string of the molecule is Cc1[nH]c(=O)c(C#N)c(C)c1CCC(=O)NCc1cccc(N(C)C)c1. The van der Waals surface area contributed by atoms with Gasteiger partial charge in [0, 0.05) is 38.4 Å². The summed E-state index contributed by atoms with van der Waals surface area (Å²) in [4.78, 5) is 28.6. The molecule has 136 valence electrons. The standard InChI is InChI=1S/C20H24N4O2/c1-13-17(14(2)23-20(26)18(13)11-21)8-9-19(25)22-12-15-6-5-7-16(10-15)24(3)4/h5-7,10H,8-9,12H2,1-4H3,(H,22,25)(H,23,26). The number of aromatic amines is 1. The molecule has 0 spiro atoms. The van der Waals surface area contributed by atoms with Gasteiger partial charge in [-0.15, -0.1) is 0 Å². The second kappa shape index (κ2) is 8.34. The van der Waals surface area contributed by atoms with Crippen LogP contribution in [0.25, 0.3) is 0 Å². The van der Waals surface area contributed by atoms with Crippen LogP contribution in [0.3, 0.4) is 0 Å². The maximum Gasteiger partial charge on any atom is 0.266 e. The van der Waals surface area contributed by atoms with Crippen molar-refractivity contribution in [3.05, 3.63) is 62.6 Å². The van der Waals surface area contributed by atoms with Crippen LogP contribution in [0.2, 0.25) is 0 Å². The second-order valence-corrected chi connectivity index (χ2v) is 6.51. The third-order valence-corrected chi connectivity index (χ3v) is 4.44. The van der Waals surface area contributed by atoms with Crippen LogP contribution >= 0.6 is 0 Å². The molecule has 6 heteroatoms. The molecule has 0 saturated carbocycles. The van der Waals surface area contributed by atoms with Crippen LogP contribution in [0.5, 0.6) is 0 Å². The van der Waals surface area contributed by atoms with Crippen molar-refractivity contribution < 1.29 is 4.79 Å². The number of aryl methyl sites for hydroxylation is 1. The predicted octanol–water partition coefficient (Wildman–Crippen LogP) is 2.18. The van der Waals surface area contributed by atoms with E-state index in [4.69, 9.17) is 5.26 Å². The monoisotopic (exact) mass is 352 g/mol. The van der Waals surface area contributed by atoms with Crippen molar-refractivity contribution in [3.8, 4) is 6.07 Å². The summed E-state index contributed by atoms with van der Waals surface area (Å²) < 4.78 is 0. The number of hydrogen-bond donors (Lipinski definition) is 2. The number of benzene rings is 1. The molecule has 0 aliphatic carbocycles. The number of hydrogen-bond acceptors (Lipinski definition) is 4. The summed E-state index contributed by atoms with van der Waals surface area (Å²) in [6.45, 7) is 4.00. The molecular formula is C20H24N4O2. The quantitative estimate of drug-likeness (QED) is 0.834. The van der Waals surface area contributed by atoms with Crippen LogP contribution in [0, 0.1) is 25.2 Å². The summed E-state index contributed by atoms with van der Waals surface area (Å²) in [6.07, 6.45) is 0.776. The molecule has 1 amide bonds. The van der Waals surface area contributed by atoms with Crippen LogP contribution in [0.4, 0.5) is 5.69 Å². The summed E-state index contributed by atoms with van der Waals surface area (Å²) in [5, 5.41) is 12.0. The molecule has 0 aliphatic heterocycles. The van der Waals surface area contributed by atoms with Gasteiger partial charge in [0.2, 0.25) is 5.91 Å². The van der Waals surface area contributed by atoms with E-state index in [0.29, 0.717) is 30.6 Å². The molecule has 1 aromatic heterocycles. The number of carbonyl (C=O) groups excluding carboxylic acids is 1. The second-order valence-electron chi connectivity index (χ2n) is 6.51. The van der Waals surface area contributed by atoms with Crippen molar-refractivity contribution >= 4 is 11.6 Å². The Labute approximate surface area is 153 Å². The molecule has 0 bridgehead atoms. The van der Waals surface area contributed by atoms with E-state index in [0.717, 1.165) is 16.8 Å². The van der Waals surface area contributed by atoms with E-state index in [2.05, 4.69) is 10.3 Å². The van der Waals surface area contributed by atoms with Gasteiger partial charge in [-0.2, -0.15) is 5.26 Å². The van der Waals surface area contributed by atoms with Gasteiger partial charge >= 0.3 is 0 Å². The van der Waals surface area contributed by atoms with Gasteiger partial charge < -0.3 is 15.2 Å². The first-order chi connectivity index (χ1) is 12.3. The predicted molar refractivity (Wildman–Crippen MR) is 102 cm³/mol. The van der Waals surface area contributed by atoms with Crippen LogP contribution < -0.4 is 15.8 Å². The van der Waals surface area contributed by atoms with Gasteiger partial charge in [-0.25, -0.2) is 0 Å². The van der Waals surface area contributed by atoms with E-state index >= 15 is 0 Å². The van der Waals surface area contributed by atoms with Crippen LogP contribution in [0.1, 0.15) is 34.4 Å². The molecule has 0 aliphatic rings. The number of anilines is 1. The molecule has 1 aromatic carbocycles. The minimum Gasteiger partial charge on any atom is -0.378 e. The van der Waals surface area contributed by atoms with Crippen molar-refractivity contribution in [2.24, 2.45) is 0 Å². The van der Waals surface area contributed by atoms with Gasteiger partial charge in [0.15, 0.2) is 0 Å². The van der Waals surface area contributed by atoms with Crippen LogP contribution in [0.15, 0.2) is 29.1 Å². The first kappa shape index (κ1) is 19.3. The lowest BCUT2D eigenvalue weighted by molar-refractivity contribution is -0.121. The first-order valence-corrected chi connectivity index (χ1v) is 8.49. The Kier molecular flexibility index (Phi) is 6.18. The smallest absolute Gasteiger partial charge is 0.266 e. The lowest BCUT2D eigenvalue weighted by Crippen LogP contribution is -2.24. The molecule has 26 heavy (non-hydrogen) atoms. The number of H-pyrrole nitrogens is 1. The first-order valence-electron chi connectivity index (χ1n) is 8.49. The highest BCUT2D eigenvalue weighted by Crippen LogP contribution is 2.15. The molecule has 0 radical (unpaired) electrons. The Bertz CT molecular complexity index is 907. The fourth-order valence-corrected chi connectivity index (χ4v) is 2.89. The minimum atomic E-state index is -0.378. The molecule has 2 aromatic rings. The highest BCUT2D eigenvalue weighted by Gasteiger charge is 2.13. The van der Waals surface area contributed by atoms with Crippen LogP contribution in [-0.2, 0) is 17.8 Å². The number of pyridine rings is 1. The van der Waals surface area contributed by atoms with Crippen molar-refractivity contribution in [3.63, 3.8) is 0 Å². The fourth-order valence-electron chi connectivity index (χ4n) is 2.89. The summed E-state index contributed by atoms with van der Waals surface area (Å²) >= 11 is 0. The lowest BCUT2D eigenvalue weighted by atomic mass is 9.99. The van der Waals surface area contributed by atoms with E-state index in [9.17, 15) is 9.59 Å². The van der Waals surface area contributed by atoms with Crippen LogP contribution in [-0.4, -0.2) is 25.0 Å². The third-order valence-electron chi connectivity index (χ3n) is 4.44. The maximum absolute atomic E-state index is 12.2. The zero-order chi connectivity index (χ0) is 19.3. The Morgan fingerprint density at radius 2 is 2.04 bits per heavy atom. The number of amides is 1. The summed E-state index contributed by atoms with van der Waals surface area (Å²) in [6, 6.07) is 9.92.